The Morgan fingerprint density at radius 1 is 1.16 bits per heavy atom. The maximum absolute atomic E-state index is 13.4. The summed E-state index contributed by atoms with van der Waals surface area (Å²) in [6, 6.07) is 6.50. The van der Waals surface area contributed by atoms with Gasteiger partial charge in [0.1, 0.15) is 11.6 Å². The molecule has 0 aliphatic heterocycles. The molecule has 11 heteroatoms. The van der Waals surface area contributed by atoms with Crippen LogP contribution in [-0.2, 0) is 9.59 Å². The van der Waals surface area contributed by atoms with Gasteiger partial charge in [0.2, 0.25) is 11.8 Å². The molecule has 0 spiro atoms. The van der Waals surface area contributed by atoms with Crippen LogP contribution in [0.2, 0.25) is 5.02 Å². The number of carbonyl (C=O) groups is 2. The first-order chi connectivity index (χ1) is 15.3. The van der Waals surface area contributed by atoms with Gasteiger partial charge in [-0.3, -0.25) is 9.59 Å². The molecule has 0 bridgehead atoms. The van der Waals surface area contributed by atoms with Crippen molar-refractivity contribution in [2.45, 2.75) is 38.3 Å². The SMILES string of the molecule is O=C(COc1ccc(Cl)c(F)c1)NC1CCC(C(=O)Nc2ccc(OC(F)F)nc2)CC1. The number of aromatic nitrogens is 1. The number of benzene rings is 1. The van der Waals surface area contributed by atoms with E-state index in [2.05, 4.69) is 20.4 Å². The molecule has 1 aliphatic carbocycles. The van der Waals surface area contributed by atoms with Crippen LogP contribution in [0.3, 0.4) is 0 Å². The van der Waals surface area contributed by atoms with E-state index < -0.39 is 12.4 Å². The second-order valence-corrected chi connectivity index (χ2v) is 7.64. The lowest BCUT2D eigenvalue weighted by Crippen LogP contribution is -2.41. The minimum atomic E-state index is -2.97. The van der Waals surface area contributed by atoms with Crippen LogP contribution in [0.1, 0.15) is 25.7 Å². The van der Waals surface area contributed by atoms with Crippen LogP contribution in [-0.4, -0.2) is 36.1 Å². The van der Waals surface area contributed by atoms with E-state index in [9.17, 15) is 22.8 Å². The van der Waals surface area contributed by atoms with Crippen molar-refractivity contribution in [3.8, 4) is 11.6 Å². The van der Waals surface area contributed by atoms with Gasteiger partial charge in [-0.1, -0.05) is 11.6 Å². The third kappa shape index (κ3) is 7.01. The molecule has 2 amide bonds. The molecule has 1 aromatic heterocycles. The standard InChI is InChI=1S/C21H21ClF3N3O4/c22-16-7-6-15(9-17(16)23)31-11-18(29)27-13-3-1-12(2-4-13)20(30)28-14-5-8-19(26-10-14)32-21(24)25/h5-10,12-13,21H,1-4,11H2,(H,27,29)(H,28,30). The first-order valence-corrected chi connectivity index (χ1v) is 10.3. The van der Waals surface area contributed by atoms with Crippen molar-refractivity contribution < 1.29 is 32.2 Å². The molecule has 0 saturated heterocycles. The van der Waals surface area contributed by atoms with Crippen molar-refractivity contribution in [1.82, 2.24) is 10.3 Å². The van der Waals surface area contributed by atoms with Gasteiger partial charge < -0.3 is 20.1 Å². The lowest BCUT2D eigenvalue weighted by atomic mass is 9.85. The molecule has 1 aliphatic rings. The molecule has 2 aromatic rings. The van der Waals surface area contributed by atoms with Crippen molar-refractivity contribution in [1.29, 1.82) is 0 Å². The maximum Gasteiger partial charge on any atom is 0.388 e. The first-order valence-electron chi connectivity index (χ1n) is 9.89. The zero-order valence-corrected chi connectivity index (χ0v) is 17.6. The predicted molar refractivity (Wildman–Crippen MR) is 110 cm³/mol. The van der Waals surface area contributed by atoms with E-state index in [-0.39, 0.29) is 47.0 Å². The highest BCUT2D eigenvalue weighted by atomic mass is 35.5. The summed E-state index contributed by atoms with van der Waals surface area (Å²) in [5.74, 6) is -1.45. The van der Waals surface area contributed by atoms with Gasteiger partial charge in [0, 0.05) is 24.1 Å². The second kappa shape index (κ2) is 11.0. The minimum absolute atomic E-state index is 0.0309. The normalized spacial score (nSPS) is 18.2. The number of carbonyl (C=O) groups excluding carboxylic acids is 2. The van der Waals surface area contributed by atoms with Crippen molar-refractivity contribution in [3.05, 3.63) is 47.4 Å². The van der Waals surface area contributed by atoms with E-state index in [0.717, 1.165) is 6.07 Å². The first kappa shape index (κ1) is 23.6. The van der Waals surface area contributed by atoms with Crippen molar-refractivity contribution >= 4 is 29.1 Å². The molecule has 7 nitrogen and oxygen atoms in total. The van der Waals surface area contributed by atoms with Crippen LogP contribution in [0.5, 0.6) is 11.6 Å². The summed E-state index contributed by atoms with van der Waals surface area (Å²) in [5, 5.41) is 5.52. The molecule has 172 valence electrons. The molecule has 1 aromatic carbocycles. The number of rotatable bonds is 8. The predicted octanol–water partition coefficient (Wildman–Crippen LogP) is 4.17. The van der Waals surface area contributed by atoms with Gasteiger partial charge in [0.05, 0.1) is 16.9 Å². The van der Waals surface area contributed by atoms with Crippen molar-refractivity contribution in [3.63, 3.8) is 0 Å². The Bertz CT molecular complexity index is 938. The molecule has 1 fully saturated rings. The number of halogens is 4. The van der Waals surface area contributed by atoms with E-state index in [1.165, 1.54) is 30.5 Å². The third-order valence-electron chi connectivity index (χ3n) is 4.94. The number of hydrogen-bond donors (Lipinski definition) is 2. The molecule has 0 atom stereocenters. The fraction of sp³-hybridized carbons (Fsp3) is 0.381. The lowest BCUT2D eigenvalue weighted by Gasteiger charge is -2.28. The van der Waals surface area contributed by atoms with E-state index in [1.54, 1.807) is 0 Å². The van der Waals surface area contributed by atoms with E-state index in [1.807, 2.05) is 0 Å². The summed E-state index contributed by atoms with van der Waals surface area (Å²) in [5.41, 5.74) is 0.378. The monoisotopic (exact) mass is 471 g/mol. The lowest BCUT2D eigenvalue weighted by molar-refractivity contribution is -0.124. The Morgan fingerprint density at radius 2 is 1.91 bits per heavy atom. The number of nitrogens with zero attached hydrogens (tertiary/aromatic N) is 1. The molecule has 0 radical (unpaired) electrons. The number of alkyl halides is 2. The zero-order valence-electron chi connectivity index (χ0n) is 16.8. The van der Waals surface area contributed by atoms with E-state index >= 15 is 0 Å². The van der Waals surface area contributed by atoms with Gasteiger partial charge >= 0.3 is 6.61 Å². The number of pyridine rings is 1. The number of ether oxygens (including phenoxy) is 2. The second-order valence-electron chi connectivity index (χ2n) is 7.23. The average Bonchev–Trinajstić information content (AvgIpc) is 2.76. The van der Waals surface area contributed by atoms with Gasteiger partial charge in [0.25, 0.3) is 5.91 Å². The molecule has 1 heterocycles. The molecule has 32 heavy (non-hydrogen) atoms. The van der Waals surface area contributed by atoms with Gasteiger partial charge in [-0.05, 0) is 43.9 Å². The summed E-state index contributed by atoms with van der Waals surface area (Å²) >= 11 is 5.60. The maximum atomic E-state index is 13.4. The highest BCUT2D eigenvalue weighted by molar-refractivity contribution is 6.30. The van der Waals surface area contributed by atoms with Gasteiger partial charge in [-0.2, -0.15) is 8.78 Å². The quantitative estimate of drug-likeness (QED) is 0.603. The fourth-order valence-electron chi connectivity index (χ4n) is 3.34. The summed E-state index contributed by atoms with van der Waals surface area (Å²) < 4.78 is 47.1. The molecular formula is C21H21ClF3N3O4. The Balaban J connectivity index is 1.38. The summed E-state index contributed by atoms with van der Waals surface area (Å²) in [6.45, 7) is -3.23. The highest BCUT2D eigenvalue weighted by Gasteiger charge is 2.27. The smallest absolute Gasteiger partial charge is 0.388 e. The number of amides is 2. The van der Waals surface area contributed by atoms with Crippen LogP contribution in [0.25, 0.3) is 0 Å². The van der Waals surface area contributed by atoms with Gasteiger partial charge in [-0.15, -0.1) is 0 Å². The summed E-state index contributed by atoms with van der Waals surface area (Å²) in [6.07, 6.45) is 3.60. The molecule has 0 unspecified atom stereocenters. The third-order valence-corrected chi connectivity index (χ3v) is 5.24. The van der Waals surface area contributed by atoms with Crippen LogP contribution in [0.4, 0.5) is 18.9 Å². The average molecular weight is 472 g/mol. The van der Waals surface area contributed by atoms with Crippen molar-refractivity contribution in [2.24, 2.45) is 5.92 Å². The van der Waals surface area contributed by atoms with Crippen molar-refractivity contribution in [2.75, 3.05) is 11.9 Å². The molecule has 1 saturated carbocycles. The fourth-order valence-corrected chi connectivity index (χ4v) is 3.46. The highest BCUT2D eigenvalue weighted by Crippen LogP contribution is 2.26. The summed E-state index contributed by atoms with van der Waals surface area (Å²) in [7, 11) is 0. The van der Waals surface area contributed by atoms with Crippen LogP contribution in [0, 0.1) is 11.7 Å². The summed E-state index contributed by atoms with van der Waals surface area (Å²) in [4.78, 5) is 28.2. The van der Waals surface area contributed by atoms with Crippen LogP contribution in [0.15, 0.2) is 36.5 Å². The number of hydrogen-bond acceptors (Lipinski definition) is 5. The van der Waals surface area contributed by atoms with E-state index in [4.69, 9.17) is 16.3 Å². The van der Waals surface area contributed by atoms with Gasteiger partial charge in [0.15, 0.2) is 6.61 Å². The molecule has 2 N–H and O–H groups in total. The van der Waals surface area contributed by atoms with Gasteiger partial charge in [-0.25, -0.2) is 9.37 Å². The molecular weight excluding hydrogens is 451 g/mol. The largest absolute Gasteiger partial charge is 0.484 e. The van der Waals surface area contributed by atoms with Crippen LogP contribution < -0.4 is 20.1 Å². The zero-order chi connectivity index (χ0) is 23.1. The Labute approximate surface area is 187 Å². The topological polar surface area (TPSA) is 89.5 Å². The number of anilines is 1. The minimum Gasteiger partial charge on any atom is -0.484 e. The Kier molecular flexibility index (Phi) is 8.15. The number of nitrogens with one attached hydrogen (secondary N) is 2. The Morgan fingerprint density at radius 3 is 2.53 bits per heavy atom. The Hall–Kier alpha value is -3.01. The molecule has 3 rings (SSSR count). The van der Waals surface area contributed by atoms with E-state index in [0.29, 0.717) is 31.4 Å². The van der Waals surface area contributed by atoms with Crippen LogP contribution >= 0.6 is 11.6 Å².